The summed E-state index contributed by atoms with van der Waals surface area (Å²) in [4.78, 5) is 30.7. The van der Waals surface area contributed by atoms with Gasteiger partial charge in [0.2, 0.25) is 5.91 Å². The van der Waals surface area contributed by atoms with Gasteiger partial charge < -0.3 is 10.6 Å². The van der Waals surface area contributed by atoms with E-state index in [0.29, 0.717) is 41.3 Å². The van der Waals surface area contributed by atoms with Gasteiger partial charge in [-0.2, -0.15) is 13.2 Å². The molecule has 2 N–H and O–H groups in total. The highest BCUT2D eigenvalue weighted by atomic mass is 32.1. The molecule has 6 nitrogen and oxygen atoms in total. The van der Waals surface area contributed by atoms with Crippen molar-refractivity contribution in [3.05, 3.63) is 47.1 Å². The number of hydrogen-bond donors (Lipinski definition) is 1. The van der Waals surface area contributed by atoms with Crippen molar-refractivity contribution in [2.75, 3.05) is 6.54 Å². The predicted molar refractivity (Wildman–Crippen MR) is 96.8 cm³/mol. The SMILES string of the molecule is NC(=O)[C@@H]1CCCN1C(=O)c1csc2nc(-c3cccc(C(F)(F)F)c3)cn12. The van der Waals surface area contributed by atoms with E-state index in [4.69, 9.17) is 5.73 Å². The Morgan fingerprint density at radius 3 is 2.79 bits per heavy atom. The Bertz CT molecular complexity index is 1070. The van der Waals surface area contributed by atoms with E-state index in [9.17, 15) is 22.8 Å². The third-order valence-corrected chi connectivity index (χ3v) is 5.60. The zero-order valence-corrected chi connectivity index (χ0v) is 15.3. The Kier molecular flexibility index (Phi) is 4.37. The van der Waals surface area contributed by atoms with E-state index in [1.807, 2.05) is 0 Å². The number of carbonyl (C=O) groups excluding carboxylic acids is 2. The number of carbonyl (C=O) groups is 2. The van der Waals surface area contributed by atoms with Crippen molar-refractivity contribution in [3.8, 4) is 11.3 Å². The van der Waals surface area contributed by atoms with Gasteiger partial charge in [0.05, 0.1) is 11.3 Å². The summed E-state index contributed by atoms with van der Waals surface area (Å²) in [5, 5.41) is 1.62. The summed E-state index contributed by atoms with van der Waals surface area (Å²) in [6.07, 6.45) is -1.71. The van der Waals surface area contributed by atoms with Gasteiger partial charge in [-0.15, -0.1) is 11.3 Å². The van der Waals surface area contributed by atoms with Crippen LogP contribution < -0.4 is 5.73 Å². The Hall–Kier alpha value is -2.88. The van der Waals surface area contributed by atoms with Gasteiger partial charge in [-0.25, -0.2) is 4.98 Å². The molecule has 28 heavy (non-hydrogen) atoms. The summed E-state index contributed by atoms with van der Waals surface area (Å²) in [5.41, 5.74) is 5.56. The van der Waals surface area contributed by atoms with Crippen LogP contribution in [0.1, 0.15) is 28.9 Å². The highest BCUT2D eigenvalue weighted by Crippen LogP contribution is 2.33. The Labute approximate surface area is 161 Å². The van der Waals surface area contributed by atoms with Crippen LogP contribution in [-0.2, 0) is 11.0 Å². The zero-order valence-electron chi connectivity index (χ0n) is 14.4. The molecule has 1 fully saturated rings. The molecule has 3 aromatic rings. The minimum absolute atomic E-state index is 0.305. The quantitative estimate of drug-likeness (QED) is 0.723. The van der Waals surface area contributed by atoms with Crippen LogP contribution in [0.4, 0.5) is 13.2 Å². The maximum absolute atomic E-state index is 13.0. The first kappa shape index (κ1) is 18.5. The number of rotatable bonds is 3. The van der Waals surface area contributed by atoms with E-state index in [0.717, 1.165) is 12.1 Å². The number of thiazole rings is 1. The molecular formula is C18H15F3N4O2S. The minimum Gasteiger partial charge on any atom is -0.368 e. The molecule has 0 aliphatic carbocycles. The van der Waals surface area contributed by atoms with Gasteiger partial charge in [0.1, 0.15) is 11.7 Å². The molecule has 2 aromatic heterocycles. The lowest BCUT2D eigenvalue weighted by atomic mass is 10.1. The summed E-state index contributed by atoms with van der Waals surface area (Å²) >= 11 is 1.20. The molecule has 1 aliphatic rings. The molecule has 0 unspecified atom stereocenters. The van der Waals surface area contributed by atoms with Crippen molar-refractivity contribution in [3.63, 3.8) is 0 Å². The maximum Gasteiger partial charge on any atom is 0.416 e. The molecule has 3 heterocycles. The van der Waals surface area contributed by atoms with Crippen LogP contribution in [0.5, 0.6) is 0 Å². The van der Waals surface area contributed by atoms with Crippen molar-refractivity contribution in [1.29, 1.82) is 0 Å². The number of nitrogens with two attached hydrogens (primary N) is 1. The first-order valence-electron chi connectivity index (χ1n) is 8.50. The number of nitrogens with zero attached hydrogens (tertiary/aromatic N) is 3. The number of benzene rings is 1. The summed E-state index contributed by atoms with van der Waals surface area (Å²) in [6, 6.07) is 4.23. The second-order valence-corrected chi connectivity index (χ2v) is 7.37. The number of fused-ring (bicyclic) bond motifs is 1. The molecule has 0 bridgehead atoms. The molecule has 1 aromatic carbocycles. The molecule has 0 saturated carbocycles. The average Bonchev–Trinajstić information content (AvgIpc) is 3.35. The van der Waals surface area contributed by atoms with Gasteiger partial charge >= 0.3 is 6.18 Å². The van der Waals surface area contributed by atoms with Crippen LogP contribution in [0.25, 0.3) is 16.2 Å². The van der Waals surface area contributed by atoms with Crippen molar-refractivity contribution >= 4 is 28.1 Å². The largest absolute Gasteiger partial charge is 0.416 e. The number of imidazole rings is 1. The predicted octanol–water partition coefficient (Wildman–Crippen LogP) is 3.17. The molecule has 2 amide bonds. The fraction of sp³-hybridized carbons (Fsp3) is 0.278. The first-order chi connectivity index (χ1) is 13.3. The summed E-state index contributed by atoms with van der Waals surface area (Å²) in [6.45, 7) is 0.430. The number of amides is 2. The van der Waals surface area contributed by atoms with Crippen LogP contribution in [0, 0.1) is 0 Å². The summed E-state index contributed by atoms with van der Waals surface area (Å²) in [7, 11) is 0. The first-order valence-corrected chi connectivity index (χ1v) is 9.38. The van der Waals surface area contributed by atoms with E-state index < -0.39 is 23.7 Å². The number of alkyl halides is 3. The van der Waals surface area contributed by atoms with Crippen LogP contribution in [0.2, 0.25) is 0 Å². The Balaban J connectivity index is 1.70. The van der Waals surface area contributed by atoms with Crippen molar-refractivity contribution in [2.24, 2.45) is 5.73 Å². The third kappa shape index (κ3) is 3.13. The van der Waals surface area contributed by atoms with Crippen LogP contribution >= 0.6 is 11.3 Å². The van der Waals surface area contributed by atoms with Crippen molar-refractivity contribution < 1.29 is 22.8 Å². The van der Waals surface area contributed by atoms with Crippen LogP contribution in [0.3, 0.4) is 0 Å². The molecule has 1 aliphatic heterocycles. The molecule has 1 saturated heterocycles. The molecule has 146 valence electrons. The lowest BCUT2D eigenvalue weighted by molar-refractivity contribution is -0.137. The fourth-order valence-electron chi connectivity index (χ4n) is 3.38. The van der Waals surface area contributed by atoms with E-state index in [1.54, 1.807) is 9.78 Å². The molecule has 10 heteroatoms. The lowest BCUT2D eigenvalue weighted by Gasteiger charge is -2.21. The topological polar surface area (TPSA) is 80.7 Å². The van der Waals surface area contributed by atoms with Crippen LogP contribution in [0.15, 0.2) is 35.8 Å². The van der Waals surface area contributed by atoms with E-state index in [1.165, 1.54) is 34.6 Å². The van der Waals surface area contributed by atoms with Gasteiger partial charge in [0.15, 0.2) is 4.96 Å². The van der Waals surface area contributed by atoms with Gasteiger partial charge in [-0.3, -0.25) is 14.0 Å². The standard InChI is InChI=1S/C18H15F3N4O2S/c19-18(20,21)11-4-1-3-10(7-11)12-8-25-14(9-28-17(25)23-12)16(27)24-6-2-5-13(24)15(22)26/h1,3-4,7-9,13H,2,5-6H2,(H2,22,26)/t13-/m0/s1. The molecule has 4 rings (SSSR count). The van der Waals surface area contributed by atoms with E-state index >= 15 is 0 Å². The molecule has 0 spiro atoms. The summed E-state index contributed by atoms with van der Waals surface area (Å²) < 4.78 is 40.4. The van der Waals surface area contributed by atoms with Gasteiger partial charge in [0, 0.05) is 23.7 Å². The fourth-order valence-corrected chi connectivity index (χ4v) is 4.23. The third-order valence-electron chi connectivity index (χ3n) is 4.76. The average molecular weight is 408 g/mol. The minimum atomic E-state index is -4.45. The Morgan fingerprint density at radius 1 is 1.29 bits per heavy atom. The van der Waals surface area contributed by atoms with Gasteiger partial charge in [-0.1, -0.05) is 12.1 Å². The number of aromatic nitrogens is 2. The van der Waals surface area contributed by atoms with E-state index in [2.05, 4.69) is 4.98 Å². The Morgan fingerprint density at radius 2 is 2.07 bits per heavy atom. The second-order valence-electron chi connectivity index (χ2n) is 6.54. The van der Waals surface area contributed by atoms with Gasteiger partial charge in [-0.05, 0) is 25.0 Å². The maximum atomic E-state index is 13.0. The second kappa shape index (κ2) is 6.62. The summed E-state index contributed by atoms with van der Waals surface area (Å²) in [5.74, 6) is -0.895. The number of primary amides is 1. The molecule has 1 atom stereocenters. The molecular weight excluding hydrogens is 393 g/mol. The normalized spacial score (nSPS) is 17.4. The monoisotopic (exact) mass is 408 g/mol. The smallest absolute Gasteiger partial charge is 0.368 e. The van der Waals surface area contributed by atoms with Crippen molar-refractivity contribution in [1.82, 2.24) is 14.3 Å². The van der Waals surface area contributed by atoms with Crippen LogP contribution in [-0.4, -0.2) is 38.7 Å². The van der Waals surface area contributed by atoms with E-state index in [-0.39, 0.29) is 5.91 Å². The molecule has 0 radical (unpaired) electrons. The highest BCUT2D eigenvalue weighted by Gasteiger charge is 2.34. The zero-order chi connectivity index (χ0) is 20.1. The number of hydrogen-bond acceptors (Lipinski definition) is 4. The highest BCUT2D eigenvalue weighted by molar-refractivity contribution is 7.15. The lowest BCUT2D eigenvalue weighted by Crippen LogP contribution is -2.44. The van der Waals surface area contributed by atoms with Crippen molar-refractivity contribution in [2.45, 2.75) is 25.1 Å². The number of halogens is 3. The number of likely N-dealkylation sites (tertiary alicyclic amines) is 1. The van der Waals surface area contributed by atoms with Gasteiger partial charge in [0.25, 0.3) is 5.91 Å².